The van der Waals surface area contributed by atoms with Gasteiger partial charge in [-0.1, -0.05) is 0 Å². The lowest BCUT2D eigenvalue weighted by molar-refractivity contribution is 0.111. The minimum Gasteiger partial charge on any atom is -0.409 e. The van der Waals surface area contributed by atoms with E-state index in [2.05, 4.69) is 4.90 Å². The minimum absolute atomic E-state index is 0.339. The van der Waals surface area contributed by atoms with E-state index in [-0.39, 0.29) is 0 Å². The zero-order valence-corrected chi connectivity index (χ0v) is 12.7. The second-order valence-corrected chi connectivity index (χ2v) is 5.07. The third-order valence-electron chi connectivity index (χ3n) is 3.81. The lowest BCUT2D eigenvalue weighted by Crippen LogP contribution is -2.33. The number of anilines is 1. The summed E-state index contributed by atoms with van der Waals surface area (Å²) in [6.45, 7) is 6.96. The highest BCUT2D eigenvalue weighted by atomic mass is 16.6. The number of aldehydes is 1. The summed E-state index contributed by atoms with van der Waals surface area (Å²) in [6, 6.07) is 5.41. The SMILES string of the molecule is CCN(CC)C(=O)Oc1cc(N2CCCC2)ccc1C=O. The molecule has 1 amide bonds. The summed E-state index contributed by atoms with van der Waals surface area (Å²) in [6.07, 6.45) is 2.65. The highest BCUT2D eigenvalue weighted by Gasteiger charge is 2.18. The maximum atomic E-state index is 12.0. The van der Waals surface area contributed by atoms with Crippen molar-refractivity contribution in [2.45, 2.75) is 26.7 Å². The van der Waals surface area contributed by atoms with Gasteiger partial charge >= 0.3 is 6.09 Å². The standard InChI is InChI=1S/C16H22N2O3/c1-3-17(4-2)16(20)21-15-11-14(8-7-13(15)12-19)18-9-5-6-10-18/h7-8,11-12H,3-6,9-10H2,1-2H3. The van der Waals surface area contributed by atoms with Crippen molar-refractivity contribution in [1.82, 2.24) is 4.90 Å². The number of carbonyl (C=O) groups excluding carboxylic acids is 2. The fraction of sp³-hybridized carbons (Fsp3) is 0.500. The van der Waals surface area contributed by atoms with Gasteiger partial charge in [-0.15, -0.1) is 0 Å². The molecule has 0 aromatic heterocycles. The van der Waals surface area contributed by atoms with E-state index in [0.29, 0.717) is 24.4 Å². The predicted molar refractivity (Wildman–Crippen MR) is 82.2 cm³/mol. The largest absolute Gasteiger partial charge is 0.415 e. The molecule has 1 aliphatic heterocycles. The van der Waals surface area contributed by atoms with Gasteiger partial charge in [0.25, 0.3) is 0 Å². The first-order chi connectivity index (χ1) is 10.2. The number of hydrogen-bond donors (Lipinski definition) is 0. The van der Waals surface area contributed by atoms with Crippen LogP contribution < -0.4 is 9.64 Å². The Morgan fingerprint density at radius 1 is 1.29 bits per heavy atom. The van der Waals surface area contributed by atoms with E-state index in [1.165, 1.54) is 12.8 Å². The molecular formula is C16H22N2O3. The summed E-state index contributed by atoms with van der Waals surface area (Å²) in [7, 11) is 0. The third kappa shape index (κ3) is 3.54. The van der Waals surface area contributed by atoms with Crippen molar-refractivity contribution in [1.29, 1.82) is 0 Å². The van der Waals surface area contributed by atoms with E-state index < -0.39 is 6.09 Å². The molecule has 21 heavy (non-hydrogen) atoms. The molecule has 114 valence electrons. The molecule has 1 aromatic rings. The van der Waals surface area contributed by atoms with Crippen molar-refractivity contribution in [3.63, 3.8) is 0 Å². The van der Waals surface area contributed by atoms with Crippen molar-refractivity contribution < 1.29 is 14.3 Å². The van der Waals surface area contributed by atoms with Gasteiger partial charge in [0.15, 0.2) is 6.29 Å². The van der Waals surface area contributed by atoms with Crippen LogP contribution in [0.3, 0.4) is 0 Å². The number of rotatable bonds is 5. The molecule has 1 aromatic carbocycles. The first-order valence-electron chi connectivity index (χ1n) is 7.50. The lowest BCUT2D eigenvalue weighted by Gasteiger charge is -2.21. The predicted octanol–water partition coefficient (Wildman–Crippen LogP) is 2.94. The average molecular weight is 290 g/mol. The summed E-state index contributed by atoms with van der Waals surface area (Å²) < 4.78 is 5.41. The Hall–Kier alpha value is -2.04. The van der Waals surface area contributed by atoms with Crippen LogP contribution in [0.2, 0.25) is 0 Å². The molecule has 1 saturated heterocycles. The molecule has 0 N–H and O–H groups in total. The first kappa shape index (κ1) is 15.4. The first-order valence-corrected chi connectivity index (χ1v) is 7.50. The smallest absolute Gasteiger partial charge is 0.409 e. The summed E-state index contributed by atoms with van der Waals surface area (Å²) in [5.74, 6) is 0.339. The fourth-order valence-electron chi connectivity index (χ4n) is 2.52. The molecule has 5 heteroatoms. The number of hydrogen-bond acceptors (Lipinski definition) is 4. The van der Waals surface area contributed by atoms with Gasteiger partial charge in [-0.05, 0) is 38.8 Å². The van der Waals surface area contributed by atoms with Gasteiger partial charge < -0.3 is 14.5 Å². The van der Waals surface area contributed by atoms with E-state index >= 15 is 0 Å². The van der Waals surface area contributed by atoms with Gasteiger partial charge in [-0.25, -0.2) is 4.79 Å². The van der Waals surface area contributed by atoms with Crippen LogP contribution in [0.25, 0.3) is 0 Å². The zero-order chi connectivity index (χ0) is 15.2. The monoisotopic (exact) mass is 290 g/mol. The van der Waals surface area contributed by atoms with Crippen molar-refractivity contribution in [2.24, 2.45) is 0 Å². The Labute approximate surface area is 125 Å². The molecule has 2 rings (SSSR count). The van der Waals surface area contributed by atoms with Crippen LogP contribution >= 0.6 is 0 Å². The molecule has 0 aliphatic carbocycles. The Kier molecular flexibility index (Phi) is 5.20. The average Bonchev–Trinajstić information content (AvgIpc) is 3.02. The van der Waals surface area contributed by atoms with Gasteiger partial charge in [-0.3, -0.25) is 4.79 Å². The Balaban J connectivity index is 2.21. The number of amides is 1. The van der Waals surface area contributed by atoms with Crippen LogP contribution in [-0.4, -0.2) is 43.5 Å². The maximum Gasteiger partial charge on any atom is 0.415 e. The Bertz CT molecular complexity index is 506. The van der Waals surface area contributed by atoms with Gasteiger partial charge in [0, 0.05) is 37.9 Å². The summed E-state index contributed by atoms with van der Waals surface area (Å²) in [5, 5.41) is 0. The third-order valence-corrected chi connectivity index (χ3v) is 3.81. The normalized spacial score (nSPS) is 14.1. The lowest BCUT2D eigenvalue weighted by atomic mass is 10.2. The fourth-order valence-corrected chi connectivity index (χ4v) is 2.52. The number of nitrogens with zero attached hydrogens (tertiary/aromatic N) is 2. The molecule has 5 nitrogen and oxygen atoms in total. The van der Waals surface area contributed by atoms with Crippen LogP contribution in [0.1, 0.15) is 37.0 Å². The van der Waals surface area contributed by atoms with E-state index in [4.69, 9.17) is 4.74 Å². The molecule has 0 saturated carbocycles. The molecule has 1 fully saturated rings. The topological polar surface area (TPSA) is 49.9 Å². The Morgan fingerprint density at radius 2 is 1.95 bits per heavy atom. The van der Waals surface area contributed by atoms with Crippen LogP contribution in [0.4, 0.5) is 10.5 Å². The van der Waals surface area contributed by atoms with Crippen LogP contribution in [0.15, 0.2) is 18.2 Å². The van der Waals surface area contributed by atoms with E-state index in [1.807, 2.05) is 19.9 Å². The van der Waals surface area contributed by atoms with Crippen molar-refractivity contribution in [2.75, 3.05) is 31.1 Å². The molecule has 1 aliphatic rings. The summed E-state index contributed by atoms with van der Waals surface area (Å²) in [4.78, 5) is 27.0. The van der Waals surface area contributed by atoms with Crippen LogP contribution in [0, 0.1) is 0 Å². The summed E-state index contributed by atoms with van der Waals surface area (Å²) >= 11 is 0. The van der Waals surface area contributed by atoms with Gasteiger partial charge in [0.2, 0.25) is 0 Å². The molecule has 0 unspecified atom stereocenters. The molecular weight excluding hydrogens is 268 g/mol. The van der Waals surface area contributed by atoms with Gasteiger partial charge in [0.05, 0.1) is 5.56 Å². The van der Waals surface area contributed by atoms with Crippen molar-refractivity contribution in [3.05, 3.63) is 23.8 Å². The van der Waals surface area contributed by atoms with E-state index in [9.17, 15) is 9.59 Å². The molecule has 0 spiro atoms. The molecule has 0 atom stereocenters. The quantitative estimate of drug-likeness (QED) is 0.782. The van der Waals surface area contributed by atoms with Gasteiger partial charge in [-0.2, -0.15) is 0 Å². The molecule has 1 heterocycles. The van der Waals surface area contributed by atoms with Crippen molar-refractivity contribution >= 4 is 18.1 Å². The summed E-state index contributed by atoms with van der Waals surface area (Å²) in [5.41, 5.74) is 1.40. The van der Waals surface area contributed by atoms with Crippen molar-refractivity contribution in [3.8, 4) is 5.75 Å². The van der Waals surface area contributed by atoms with Gasteiger partial charge in [0.1, 0.15) is 5.75 Å². The van der Waals surface area contributed by atoms with Crippen LogP contribution in [-0.2, 0) is 0 Å². The number of carbonyl (C=O) groups is 2. The second kappa shape index (κ2) is 7.11. The zero-order valence-electron chi connectivity index (χ0n) is 12.7. The number of benzene rings is 1. The second-order valence-electron chi connectivity index (χ2n) is 5.07. The van der Waals surface area contributed by atoms with E-state index in [0.717, 1.165) is 25.1 Å². The maximum absolute atomic E-state index is 12.0. The Morgan fingerprint density at radius 3 is 2.52 bits per heavy atom. The highest BCUT2D eigenvalue weighted by Crippen LogP contribution is 2.27. The van der Waals surface area contributed by atoms with Crippen LogP contribution in [0.5, 0.6) is 5.75 Å². The number of ether oxygens (including phenoxy) is 1. The molecule has 0 radical (unpaired) electrons. The highest BCUT2D eigenvalue weighted by molar-refractivity contribution is 5.83. The minimum atomic E-state index is -0.415. The van der Waals surface area contributed by atoms with E-state index in [1.54, 1.807) is 17.0 Å². The molecule has 0 bridgehead atoms.